The van der Waals surface area contributed by atoms with E-state index in [2.05, 4.69) is 26.2 Å². The van der Waals surface area contributed by atoms with Crippen LogP contribution in [0.2, 0.25) is 5.02 Å². The molecule has 0 atom stereocenters. The third kappa shape index (κ3) is 2.90. The summed E-state index contributed by atoms with van der Waals surface area (Å²) in [6.45, 7) is 0. The van der Waals surface area contributed by atoms with Gasteiger partial charge in [0.1, 0.15) is 0 Å². The van der Waals surface area contributed by atoms with Crippen LogP contribution in [-0.4, -0.2) is 13.0 Å². The van der Waals surface area contributed by atoms with Gasteiger partial charge in [-0.2, -0.15) is 0 Å². The Bertz CT molecular complexity index is 338. The summed E-state index contributed by atoms with van der Waals surface area (Å²) in [6, 6.07) is 5.38. The lowest BCUT2D eigenvalue weighted by Gasteiger charge is -2.06. The van der Waals surface area contributed by atoms with Gasteiger partial charge in [0, 0.05) is 16.5 Å². The Labute approximate surface area is 90.1 Å². The number of rotatable bonds is 1. The lowest BCUT2D eigenvalue weighted by molar-refractivity contribution is 1.38. The van der Waals surface area contributed by atoms with E-state index in [-0.39, 0.29) is 0 Å². The van der Waals surface area contributed by atoms with E-state index in [9.17, 15) is 0 Å². The van der Waals surface area contributed by atoms with Crippen LogP contribution >= 0.6 is 27.5 Å². The molecule has 0 spiro atoms. The molecular formula is C8H9BrClN3. The van der Waals surface area contributed by atoms with Crippen molar-refractivity contribution in [3.8, 4) is 0 Å². The predicted molar refractivity (Wildman–Crippen MR) is 60.3 cm³/mol. The monoisotopic (exact) mass is 261 g/mol. The quantitative estimate of drug-likeness (QED) is 0.603. The fourth-order valence-electron chi connectivity index (χ4n) is 0.785. The summed E-state index contributed by atoms with van der Waals surface area (Å²) in [7, 11) is 1.62. The van der Waals surface area contributed by atoms with Gasteiger partial charge in [0.15, 0.2) is 5.96 Å². The molecule has 1 aromatic carbocycles. The van der Waals surface area contributed by atoms with E-state index in [1.165, 1.54) is 0 Å². The molecule has 5 heteroatoms. The average molecular weight is 263 g/mol. The van der Waals surface area contributed by atoms with E-state index >= 15 is 0 Å². The number of nitrogens with two attached hydrogens (primary N) is 1. The van der Waals surface area contributed by atoms with Crippen molar-refractivity contribution in [3.05, 3.63) is 27.7 Å². The molecule has 3 N–H and O–H groups in total. The topological polar surface area (TPSA) is 50.4 Å². The van der Waals surface area contributed by atoms with Crippen LogP contribution < -0.4 is 11.1 Å². The van der Waals surface area contributed by atoms with Gasteiger partial charge in [0.25, 0.3) is 0 Å². The van der Waals surface area contributed by atoms with Crippen LogP contribution in [0.1, 0.15) is 0 Å². The van der Waals surface area contributed by atoms with Crippen LogP contribution in [0.3, 0.4) is 0 Å². The van der Waals surface area contributed by atoms with Gasteiger partial charge in [-0.15, -0.1) is 0 Å². The van der Waals surface area contributed by atoms with Gasteiger partial charge in [0.2, 0.25) is 0 Å². The number of hydrogen-bond donors (Lipinski definition) is 2. The maximum atomic E-state index is 5.77. The zero-order chi connectivity index (χ0) is 9.84. The lowest BCUT2D eigenvalue weighted by Crippen LogP contribution is -2.22. The molecule has 0 aromatic heterocycles. The minimum atomic E-state index is 0.364. The van der Waals surface area contributed by atoms with Crippen LogP contribution in [0.4, 0.5) is 5.69 Å². The predicted octanol–water partition coefficient (Wildman–Crippen LogP) is 2.46. The van der Waals surface area contributed by atoms with Gasteiger partial charge < -0.3 is 11.1 Å². The summed E-state index contributed by atoms with van der Waals surface area (Å²) < 4.78 is 0.853. The first-order valence-electron chi connectivity index (χ1n) is 3.58. The Morgan fingerprint density at radius 2 is 2.31 bits per heavy atom. The van der Waals surface area contributed by atoms with Crippen LogP contribution in [0, 0.1) is 0 Å². The van der Waals surface area contributed by atoms with Crippen molar-refractivity contribution in [1.82, 2.24) is 0 Å². The summed E-state index contributed by atoms with van der Waals surface area (Å²) in [6.07, 6.45) is 0. The zero-order valence-electron chi connectivity index (χ0n) is 7.01. The number of halogens is 2. The van der Waals surface area contributed by atoms with Gasteiger partial charge >= 0.3 is 0 Å². The number of benzene rings is 1. The first kappa shape index (κ1) is 10.3. The maximum Gasteiger partial charge on any atom is 0.192 e. The van der Waals surface area contributed by atoms with E-state index in [1.54, 1.807) is 19.2 Å². The highest BCUT2D eigenvalue weighted by Gasteiger charge is 2.00. The van der Waals surface area contributed by atoms with Crippen molar-refractivity contribution >= 4 is 39.2 Å². The van der Waals surface area contributed by atoms with Gasteiger partial charge in [-0.3, -0.25) is 4.99 Å². The van der Waals surface area contributed by atoms with E-state index in [0.29, 0.717) is 11.0 Å². The molecule has 3 nitrogen and oxygen atoms in total. The Morgan fingerprint density at radius 3 is 2.85 bits per heavy atom. The highest BCUT2D eigenvalue weighted by Crippen LogP contribution is 2.25. The number of aliphatic imine (C=N–C) groups is 1. The molecule has 0 aliphatic rings. The largest absolute Gasteiger partial charge is 0.370 e. The first-order chi connectivity index (χ1) is 6.13. The van der Waals surface area contributed by atoms with E-state index in [4.69, 9.17) is 17.3 Å². The summed E-state index contributed by atoms with van der Waals surface area (Å²) in [4.78, 5) is 3.78. The minimum Gasteiger partial charge on any atom is -0.370 e. The number of hydrogen-bond acceptors (Lipinski definition) is 1. The number of guanidine groups is 1. The molecular weight excluding hydrogens is 253 g/mol. The molecule has 0 bridgehead atoms. The Morgan fingerprint density at radius 1 is 1.62 bits per heavy atom. The molecule has 0 radical (unpaired) electrons. The molecule has 0 saturated heterocycles. The van der Waals surface area contributed by atoms with Crippen molar-refractivity contribution in [2.45, 2.75) is 0 Å². The molecule has 1 aromatic rings. The normalized spacial score (nSPS) is 11.5. The van der Waals surface area contributed by atoms with Crippen molar-refractivity contribution < 1.29 is 0 Å². The second-order valence-electron chi connectivity index (χ2n) is 2.36. The van der Waals surface area contributed by atoms with Crippen molar-refractivity contribution in [2.75, 3.05) is 12.4 Å². The number of nitrogens with one attached hydrogen (secondary N) is 1. The zero-order valence-corrected chi connectivity index (χ0v) is 9.35. The molecule has 0 aliphatic carbocycles. The molecule has 0 aliphatic heterocycles. The molecule has 0 fully saturated rings. The van der Waals surface area contributed by atoms with Crippen LogP contribution in [0.5, 0.6) is 0 Å². The second-order valence-corrected chi connectivity index (χ2v) is 3.65. The molecule has 0 unspecified atom stereocenters. The van der Waals surface area contributed by atoms with Crippen LogP contribution in [0.15, 0.2) is 27.7 Å². The molecule has 0 heterocycles. The molecule has 70 valence electrons. The standard InChI is InChI=1S/C8H9BrClN3/c1-12-8(11)13-7-3-2-5(10)4-6(7)9/h2-4H,1H3,(H3,11,12,13). The van der Waals surface area contributed by atoms with Crippen LogP contribution in [0.25, 0.3) is 0 Å². The van der Waals surface area contributed by atoms with Gasteiger partial charge in [0.05, 0.1) is 5.69 Å². The minimum absolute atomic E-state index is 0.364. The van der Waals surface area contributed by atoms with Gasteiger partial charge in [-0.25, -0.2) is 0 Å². The second kappa shape index (κ2) is 4.48. The fraction of sp³-hybridized carbons (Fsp3) is 0.125. The highest BCUT2D eigenvalue weighted by atomic mass is 79.9. The summed E-state index contributed by atoms with van der Waals surface area (Å²) >= 11 is 9.12. The molecule has 0 amide bonds. The Balaban J connectivity index is 2.90. The van der Waals surface area contributed by atoms with E-state index in [1.807, 2.05) is 6.07 Å². The van der Waals surface area contributed by atoms with E-state index < -0.39 is 0 Å². The SMILES string of the molecule is CN=C(N)Nc1ccc(Cl)cc1Br. The molecule has 0 saturated carbocycles. The van der Waals surface area contributed by atoms with Crippen molar-refractivity contribution in [2.24, 2.45) is 10.7 Å². The Hall–Kier alpha value is -0.740. The fourth-order valence-corrected chi connectivity index (χ4v) is 1.57. The first-order valence-corrected chi connectivity index (χ1v) is 4.75. The lowest BCUT2D eigenvalue weighted by atomic mass is 10.3. The third-order valence-corrected chi connectivity index (χ3v) is 2.33. The average Bonchev–Trinajstić information content (AvgIpc) is 2.09. The number of anilines is 1. The third-order valence-electron chi connectivity index (χ3n) is 1.43. The summed E-state index contributed by atoms with van der Waals surface area (Å²) in [5, 5.41) is 3.58. The smallest absolute Gasteiger partial charge is 0.192 e. The van der Waals surface area contributed by atoms with Crippen molar-refractivity contribution in [1.29, 1.82) is 0 Å². The Kier molecular flexibility index (Phi) is 3.57. The number of nitrogens with zero attached hydrogens (tertiary/aromatic N) is 1. The summed E-state index contributed by atoms with van der Waals surface area (Å²) in [5.74, 6) is 0.364. The summed E-state index contributed by atoms with van der Waals surface area (Å²) in [5.41, 5.74) is 6.34. The van der Waals surface area contributed by atoms with Crippen molar-refractivity contribution in [3.63, 3.8) is 0 Å². The molecule has 1 rings (SSSR count). The van der Waals surface area contributed by atoms with Crippen LogP contribution in [-0.2, 0) is 0 Å². The highest BCUT2D eigenvalue weighted by molar-refractivity contribution is 9.10. The van der Waals surface area contributed by atoms with E-state index in [0.717, 1.165) is 10.2 Å². The molecule has 13 heavy (non-hydrogen) atoms. The van der Waals surface area contributed by atoms with Gasteiger partial charge in [-0.05, 0) is 34.1 Å². The maximum absolute atomic E-state index is 5.77. The van der Waals surface area contributed by atoms with Gasteiger partial charge in [-0.1, -0.05) is 11.6 Å².